The molecule has 2 aromatic rings. The molecule has 0 fully saturated rings. The highest BCUT2D eigenvalue weighted by molar-refractivity contribution is 7.92. The lowest BCUT2D eigenvalue weighted by molar-refractivity contribution is 0.303. The van der Waals surface area contributed by atoms with Crippen LogP contribution in [-0.2, 0) is 30.1 Å². The van der Waals surface area contributed by atoms with Gasteiger partial charge in [0.1, 0.15) is 5.75 Å². The molecule has 0 aromatic heterocycles. The van der Waals surface area contributed by atoms with Gasteiger partial charge in [0.2, 0.25) is 10.0 Å². The first-order valence-electron chi connectivity index (χ1n) is 8.14. The Kier molecular flexibility index (Phi) is 6.80. The monoisotopic (exact) mass is 397 g/mol. The molecule has 0 aliphatic carbocycles. The minimum atomic E-state index is -3.72. The number of nitrogens with zero attached hydrogens (tertiary/aromatic N) is 1. The number of benzene rings is 2. The lowest BCUT2D eigenvalue weighted by atomic mass is 10.2. The van der Waals surface area contributed by atoms with Crippen molar-refractivity contribution in [1.82, 2.24) is 0 Å². The minimum absolute atomic E-state index is 0.0881. The average molecular weight is 398 g/mol. The number of rotatable bonds is 9. The first-order chi connectivity index (χ1) is 12.2. The van der Waals surface area contributed by atoms with Crippen LogP contribution in [0.3, 0.4) is 0 Å². The zero-order valence-electron chi connectivity index (χ0n) is 14.8. The van der Waals surface area contributed by atoms with Gasteiger partial charge >= 0.3 is 0 Å². The van der Waals surface area contributed by atoms with Crippen LogP contribution in [0.5, 0.6) is 0 Å². The fourth-order valence-corrected chi connectivity index (χ4v) is 4.93. The van der Waals surface area contributed by atoms with E-state index in [0.29, 0.717) is 11.3 Å². The quantitative estimate of drug-likeness (QED) is 0.608. The number of sulfonamides is 1. The van der Waals surface area contributed by atoms with Crippen LogP contribution in [0.1, 0.15) is 18.9 Å². The normalized spacial score (nSPS) is 13.3. The maximum Gasteiger partial charge on any atom is 0.271 e. The predicted octanol–water partition coefficient (Wildman–Crippen LogP) is 2.78. The first kappa shape index (κ1) is 20.4. The van der Waals surface area contributed by atoms with Crippen LogP contribution >= 0.6 is 0 Å². The van der Waals surface area contributed by atoms with Crippen LogP contribution in [0, 0.1) is 0 Å². The van der Waals surface area contributed by atoms with E-state index in [0.717, 1.165) is 6.26 Å². The summed E-state index contributed by atoms with van der Waals surface area (Å²) in [5.74, 6) is -0.212. The number of para-hydroxylation sites is 1. The van der Waals surface area contributed by atoms with E-state index < -0.39 is 26.2 Å². The summed E-state index contributed by atoms with van der Waals surface area (Å²) < 4.78 is 54.7. The van der Waals surface area contributed by atoms with E-state index in [1.165, 1.54) is 4.31 Å². The van der Waals surface area contributed by atoms with Crippen molar-refractivity contribution in [2.45, 2.75) is 25.1 Å². The van der Waals surface area contributed by atoms with Crippen molar-refractivity contribution in [1.29, 1.82) is 0 Å². The third kappa shape index (κ3) is 6.12. The highest BCUT2D eigenvalue weighted by Gasteiger charge is 2.24. The van der Waals surface area contributed by atoms with Gasteiger partial charge in [-0.3, -0.25) is 8.49 Å². The van der Waals surface area contributed by atoms with Gasteiger partial charge in [0.25, 0.3) is 10.1 Å². The maximum absolute atomic E-state index is 12.1. The van der Waals surface area contributed by atoms with Gasteiger partial charge in [-0.25, -0.2) is 8.42 Å². The smallest absolute Gasteiger partial charge is 0.270 e. The molecule has 0 unspecified atom stereocenters. The largest absolute Gasteiger partial charge is 0.271 e. The van der Waals surface area contributed by atoms with E-state index in [4.69, 9.17) is 4.18 Å². The standard InChI is InChI=1S/C18H23NO5S2/c1-16(19(25(2,20)21)18-11-7-4-8-12-18)13-14-24-26(22,23)15-17-9-5-3-6-10-17/h3-12,16H,13-15H2,1-2H3/t16-/m1/s1. The van der Waals surface area contributed by atoms with Crippen molar-refractivity contribution in [2.75, 3.05) is 17.2 Å². The van der Waals surface area contributed by atoms with Crippen LogP contribution in [-0.4, -0.2) is 35.7 Å². The topological polar surface area (TPSA) is 80.8 Å². The summed E-state index contributed by atoms with van der Waals surface area (Å²) in [6, 6.07) is 17.0. The molecular weight excluding hydrogens is 374 g/mol. The van der Waals surface area contributed by atoms with Crippen molar-refractivity contribution in [3.05, 3.63) is 66.2 Å². The van der Waals surface area contributed by atoms with Crippen molar-refractivity contribution in [3.63, 3.8) is 0 Å². The van der Waals surface area contributed by atoms with Gasteiger partial charge in [-0.2, -0.15) is 8.42 Å². The summed E-state index contributed by atoms with van der Waals surface area (Å²) in [6.07, 6.45) is 1.37. The maximum atomic E-state index is 12.1. The van der Waals surface area contributed by atoms with Gasteiger partial charge in [0.05, 0.1) is 18.6 Å². The van der Waals surface area contributed by atoms with E-state index in [2.05, 4.69) is 0 Å². The third-order valence-corrected chi connectivity index (χ3v) is 6.25. The molecule has 6 nitrogen and oxygen atoms in total. The summed E-state index contributed by atoms with van der Waals surface area (Å²) in [5.41, 5.74) is 1.18. The van der Waals surface area contributed by atoms with Crippen LogP contribution < -0.4 is 4.31 Å². The molecule has 1 atom stereocenters. The molecule has 0 heterocycles. The molecule has 0 aliphatic heterocycles. The highest BCUT2D eigenvalue weighted by Crippen LogP contribution is 2.21. The zero-order valence-corrected chi connectivity index (χ0v) is 16.4. The molecule has 8 heteroatoms. The van der Waals surface area contributed by atoms with Gasteiger partial charge in [-0.05, 0) is 31.0 Å². The lowest BCUT2D eigenvalue weighted by Crippen LogP contribution is -2.38. The van der Waals surface area contributed by atoms with Crippen LogP contribution in [0.25, 0.3) is 0 Å². The molecule has 0 amide bonds. The summed E-state index contributed by atoms with van der Waals surface area (Å²) in [6.45, 7) is 1.64. The van der Waals surface area contributed by atoms with Crippen LogP contribution in [0.2, 0.25) is 0 Å². The SMILES string of the molecule is C[C@H](CCOS(=O)(=O)Cc1ccccc1)N(c1ccccc1)S(C)(=O)=O. The minimum Gasteiger partial charge on any atom is -0.270 e. The molecule has 2 aromatic carbocycles. The Labute approximate surface area is 155 Å². The Morgan fingerprint density at radius 1 is 0.923 bits per heavy atom. The van der Waals surface area contributed by atoms with Crippen LogP contribution in [0.15, 0.2) is 60.7 Å². The number of anilines is 1. The summed E-state index contributed by atoms with van der Waals surface area (Å²) in [7, 11) is -7.23. The molecule has 0 N–H and O–H groups in total. The molecule has 26 heavy (non-hydrogen) atoms. The Morgan fingerprint density at radius 3 is 2.00 bits per heavy atom. The molecule has 0 radical (unpaired) electrons. The molecule has 142 valence electrons. The molecule has 0 bridgehead atoms. The van der Waals surface area contributed by atoms with E-state index in [1.807, 2.05) is 6.07 Å². The fraction of sp³-hybridized carbons (Fsp3) is 0.333. The summed E-state index contributed by atoms with van der Waals surface area (Å²) >= 11 is 0. The zero-order chi connectivity index (χ0) is 19.2. The average Bonchev–Trinajstić information content (AvgIpc) is 2.55. The van der Waals surface area contributed by atoms with Gasteiger partial charge < -0.3 is 0 Å². The van der Waals surface area contributed by atoms with Crippen molar-refractivity contribution < 1.29 is 21.0 Å². The van der Waals surface area contributed by atoms with Crippen LogP contribution in [0.4, 0.5) is 5.69 Å². The molecular formula is C18H23NO5S2. The third-order valence-electron chi connectivity index (χ3n) is 3.75. The molecule has 0 saturated heterocycles. The van der Waals surface area contributed by atoms with Crippen molar-refractivity contribution in [3.8, 4) is 0 Å². The number of hydrogen-bond acceptors (Lipinski definition) is 5. The first-order valence-corrected chi connectivity index (χ1v) is 11.6. The van der Waals surface area contributed by atoms with Gasteiger partial charge in [0.15, 0.2) is 0 Å². The Morgan fingerprint density at radius 2 is 1.46 bits per heavy atom. The second-order valence-corrected chi connectivity index (χ2v) is 9.54. The molecule has 0 aliphatic rings. The van der Waals surface area contributed by atoms with E-state index in [-0.39, 0.29) is 18.8 Å². The summed E-state index contributed by atoms with van der Waals surface area (Å²) in [4.78, 5) is 0. The molecule has 2 rings (SSSR count). The van der Waals surface area contributed by atoms with Gasteiger partial charge in [0, 0.05) is 6.04 Å². The molecule has 0 saturated carbocycles. The van der Waals surface area contributed by atoms with E-state index in [9.17, 15) is 16.8 Å². The predicted molar refractivity (Wildman–Crippen MR) is 103 cm³/mol. The Hall–Kier alpha value is -1.90. The van der Waals surface area contributed by atoms with E-state index >= 15 is 0 Å². The number of hydrogen-bond donors (Lipinski definition) is 0. The second-order valence-electron chi connectivity index (χ2n) is 6.04. The van der Waals surface area contributed by atoms with Crippen molar-refractivity contribution >= 4 is 25.8 Å². The van der Waals surface area contributed by atoms with E-state index in [1.54, 1.807) is 61.5 Å². The fourth-order valence-electron chi connectivity index (χ4n) is 2.63. The van der Waals surface area contributed by atoms with Crippen molar-refractivity contribution in [2.24, 2.45) is 0 Å². The molecule has 0 spiro atoms. The summed E-state index contributed by atoms with van der Waals surface area (Å²) in [5, 5.41) is 0. The second kappa shape index (κ2) is 8.66. The van der Waals surface area contributed by atoms with Gasteiger partial charge in [-0.15, -0.1) is 0 Å². The Balaban J connectivity index is 1.99. The Bertz CT molecular complexity index is 897. The van der Waals surface area contributed by atoms with Gasteiger partial charge in [-0.1, -0.05) is 48.5 Å². The lowest BCUT2D eigenvalue weighted by Gasteiger charge is -2.29. The highest BCUT2D eigenvalue weighted by atomic mass is 32.2.